The fourth-order valence-electron chi connectivity index (χ4n) is 2.65. The number of carboxylic acid groups (broad SMARTS) is 1. The predicted octanol–water partition coefficient (Wildman–Crippen LogP) is 0.444. The lowest BCUT2D eigenvalue weighted by Crippen LogP contribution is -2.56. The summed E-state index contributed by atoms with van der Waals surface area (Å²) in [5, 5.41) is 11.6. The van der Waals surface area contributed by atoms with E-state index >= 15 is 0 Å². The summed E-state index contributed by atoms with van der Waals surface area (Å²) in [6.45, 7) is 3.67. The molecule has 0 spiro atoms. The zero-order valence-electron chi connectivity index (χ0n) is 11.5. The quantitative estimate of drug-likeness (QED) is 0.777. The number of amides is 2. The number of rotatable bonds is 4. The molecular formula is C13H23N3O3. The molecule has 2 aliphatic heterocycles. The first-order valence-corrected chi connectivity index (χ1v) is 7.00. The van der Waals surface area contributed by atoms with Crippen LogP contribution in [0.4, 0.5) is 4.79 Å². The monoisotopic (exact) mass is 269 g/mol. The minimum absolute atomic E-state index is 0.120. The van der Waals surface area contributed by atoms with E-state index in [2.05, 4.69) is 17.3 Å². The molecule has 0 saturated carbocycles. The van der Waals surface area contributed by atoms with E-state index in [-0.39, 0.29) is 11.9 Å². The molecule has 0 aliphatic carbocycles. The lowest BCUT2D eigenvalue weighted by atomic mass is 9.94. The minimum Gasteiger partial charge on any atom is -0.481 e. The second kappa shape index (κ2) is 6.23. The summed E-state index contributed by atoms with van der Waals surface area (Å²) < 4.78 is 0. The van der Waals surface area contributed by atoms with Crippen LogP contribution in [0, 0.1) is 11.8 Å². The smallest absolute Gasteiger partial charge is 0.317 e. The molecule has 0 radical (unpaired) electrons. The topological polar surface area (TPSA) is 72.9 Å². The molecule has 2 heterocycles. The average Bonchev–Trinajstić information content (AvgIpc) is 2.29. The zero-order chi connectivity index (χ0) is 13.8. The van der Waals surface area contributed by atoms with Gasteiger partial charge in [0.25, 0.3) is 0 Å². The van der Waals surface area contributed by atoms with Gasteiger partial charge in [0.1, 0.15) is 0 Å². The molecular weight excluding hydrogens is 246 g/mol. The molecule has 0 unspecified atom stereocenters. The van der Waals surface area contributed by atoms with Gasteiger partial charge >= 0.3 is 12.0 Å². The lowest BCUT2D eigenvalue weighted by Gasteiger charge is -2.36. The summed E-state index contributed by atoms with van der Waals surface area (Å²) in [5.41, 5.74) is 0. The normalized spacial score (nSPS) is 22.1. The van der Waals surface area contributed by atoms with E-state index in [9.17, 15) is 9.59 Å². The van der Waals surface area contributed by atoms with Crippen molar-refractivity contribution >= 4 is 12.0 Å². The second-order valence-corrected chi connectivity index (χ2v) is 5.71. The Balaban J connectivity index is 1.56. The number of hydrogen-bond acceptors (Lipinski definition) is 3. The Morgan fingerprint density at radius 2 is 1.89 bits per heavy atom. The molecule has 108 valence electrons. The summed E-state index contributed by atoms with van der Waals surface area (Å²) in [5.74, 6) is -0.477. The third kappa shape index (κ3) is 3.83. The van der Waals surface area contributed by atoms with Gasteiger partial charge in [-0.3, -0.25) is 4.79 Å². The van der Waals surface area contributed by atoms with E-state index < -0.39 is 5.97 Å². The van der Waals surface area contributed by atoms with Gasteiger partial charge in [-0.25, -0.2) is 4.79 Å². The first kappa shape index (κ1) is 14.1. The van der Waals surface area contributed by atoms with Crippen molar-refractivity contribution in [3.8, 4) is 0 Å². The molecule has 2 fully saturated rings. The van der Waals surface area contributed by atoms with E-state index in [1.165, 1.54) is 12.8 Å². The Kier molecular flexibility index (Phi) is 4.63. The van der Waals surface area contributed by atoms with Crippen LogP contribution in [0.25, 0.3) is 0 Å². The Bertz CT molecular complexity index is 334. The number of nitrogens with one attached hydrogen (secondary N) is 1. The van der Waals surface area contributed by atoms with Crippen molar-refractivity contribution in [1.82, 2.24) is 15.1 Å². The molecule has 2 amide bonds. The van der Waals surface area contributed by atoms with Crippen LogP contribution in [0.3, 0.4) is 0 Å². The summed E-state index contributed by atoms with van der Waals surface area (Å²) in [4.78, 5) is 26.2. The number of aliphatic carboxylic acids is 1. The number of carbonyl (C=O) groups is 2. The van der Waals surface area contributed by atoms with Crippen molar-refractivity contribution in [3.05, 3.63) is 0 Å². The molecule has 0 aromatic heterocycles. The highest BCUT2D eigenvalue weighted by molar-refractivity contribution is 5.79. The molecule has 2 rings (SSSR count). The Morgan fingerprint density at radius 1 is 1.26 bits per heavy atom. The first-order chi connectivity index (χ1) is 9.06. The Hall–Kier alpha value is -1.30. The number of carbonyl (C=O) groups excluding carboxylic acids is 1. The molecule has 0 bridgehead atoms. The van der Waals surface area contributed by atoms with Crippen molar-refractivity contribution in [1.29, 1.82) is 0 Å². The maximum absolute atomic E-state index is 11.7. The molecule has 2 aliphatic rings. The molecule has 0 atom stereocenters. The van der Waals surface area contributed by atoms with Gasteiger partial charge in [0.15, 0.2) is 0 Å². The Labute approximate surface area is 113 Å². The van der Waals surface area contributed by atoms with E-state index in [1.54, 1.807) is 4.90 Å². The van der Waals surface area contributed by atoms with Gasteiger partial charge < -0.3 is 20.2 Å². The van der Waals surface area contributed by atoms with E-state index in [4.69, 9.17) is 5.11 Å². The van der Waals surface area contributed by atoms with Crippen molar-refractivity contribution in [3.63, 3.8) is 0 Å². The SMILES string of the molecule is CN1CCC(CCNC(=O)N2CC(C(=O)O)C2)CC1. The maximum Gasteiger partial charge on any atom is 0.317 e. The molecule has 0 aromatic carbocycles. The van der Waals surface area contributed by atoms with Crippen LogP contribution < -0.4 is 5.32 Å². The molecule has 19 heavy (non-hydrogen) atoms. The van der Waals surface area contributed by atoms with E-state index in [0.29, 0.717) is 25.6 Å². The van der Waals surface area contributed by atoms with Gasteiger partial charge in [0.05, 0.1) is 5.92 Å². The largest absolute Gasteiger partial charge is 0.481 e. The molecule has 0 aromatic rings. The second-order valence-electron chi connectivity index (χ2n) is 5.71. The first-order valence-electron chi connectivity index (χ1n) is 7.00. The van der Waals surface area contributed by atoms with Gasteiger partial charge in [-0.05, 0) is 45.3 Å². The van der Waals surface area contributed by atoms with Crippen LogP contribution >= 0.6 is 0 Å². The summed E-state index contributed by atoms with van der Waals surface area (Å²) in [6.07, 6.45) is 3.43. The third-order valence-corrected chi connectivity index (χ3v) is 4.18. The van der Waals surface area contributed by atoms with Gasteiger partial charge in [-0.1, -0.05) is 0 Å². The average molecular weight is 269 g/mol. The molecule has 6 heteroatoms. The minimum atomic E-state index is -0.810. The molecule has 2 N–H and O–H groups in total. The number of carboxylic acids is 1. The molecule has 2 saturated heterocycles. The van der Waals surface area contributed by atoms with Gasteiger partial charge in [-0.2, -0.15) is 0 Å². The van der Waals surface area contributed by atoms with Crippen LogP contribution in [0.2, 0.25) is 0 Å². The van der Waals surface area contributed by atoms with Gasteiger partial charge in [0.2, 0.25) is 0 Å². The van der Waals surface area contributed by atoms with Crippen LogP contribution in [0.1, 0.15) is 19.3 Å². The predicted molar refractivity (Wildman–Crippen MR) is 70.9 cm³/mol. The number of urea groups is 1. The van der Waals surface area contributed by atoms with Crippen molar-refractivity contribution in [2.24, 2.45) is 11.8 Å². The summed E-state index contributed by atoms with van der Waals surface area (Å²) >= 11 is 0. The van der Waals surface area contributed by atoms with E-state index in [0.717, 1.165) is 19.5 Å². The van der Waals surface area contributed by atoms with Crippen LogP contribution in [0.15, 0.2) is 0 Å². The summed E-state index contributed by atoms with van der Waals surface area (Å²) in [6, 6.07) is -0.120. The standard InChI is InChI=1S/C13H23N3O3/c1-15-6-3-10(4-7-15)2-5-14-13(19)16-8-11(9-16)12(17)18/h10-11H,2-9H2,1H3,(H,14,19)(H,17,18). The molecule has 6 nitrogen and oxygen atoms in total. The van der Waals surface area contributed by atoms with Crippen molar-refractivity contribution in [2.75, 3.05) is 39.8 Å². The fraction of sp³-hybridized carbons (Fsp3) is 0.846. The number of nitrogens with zero attached hydrogens (tertiary/aromatic N) is 2. The van der Waals surface area contributed by atoms with Crippen LogP contribution in [0.5, 0.6) is 0 Å². The fourth-order valence-corrected chi connectivity index (χ4v) is 2.65. The zero-order valence-corrected chi connectivity index (χ0v) is 11.5. The van der Waals surface area contributed by atoms with Crippen LogP contribution in [-0.2, 0) is 4.79 Å². The highest BCUT2D eigenvalue weighted by atomic mass is 16.4. The number of hydrogen-bond donors (Lipinski definition) is 2. The van der Waals surface area contributed by atoms with Crippen LogP contribution in [-0.4, -0.2) is 66.7 Å². The highest BCUT2D eigenvalue weighted by Gasteiger charge is 2.35. The number of piperidine rings is 1. The number of likely N-dealkylation sites (tertiary alicyclic amines) is 2. The van der Waals surface area contributed by atoms with Gasteiger partial charge in [-0.15, -0.1) is 0 Å². The third-order valence-electron chi connectivity index (χ3n) is 4.18. The van der Waals surface area contributed by atoms with Crippen molar-refractivity contribution in [2.45, 2.75) is 19.3 Å². The van der Waals surface area contributed by atoms with Gasteiger partial charge in [0, 0.05) is 19.6 Å². The summed E-state index contributed by atoms with van der Waals surface area (Å²) in [7, 11) is 2.14. The Morgan fingerprint density at radius 3 is 2.47 bits per heavy atom. The van der Waals surface area contributed by atoms with Crippen molar-refractivity contribution < 1.29 is 14.7 Å². The van der Waals surface area contributed by atoms with E-state index in [1.807, 2.05) is 0 Å². The highest BCUT2D eigenvalue weighted by Crippen LogP contribution is 2.19. The maximum atomic E-state index is 11.7. The lowest BCUT2D eigenvalue weighted by molar-refractivity contribution is -0.146.